The van der Waals surface area contributed by atoms with Gasteiger partial charge < -0.3 is 9.84 Å². The van der Waals surface area contributed by atoms with Crippen molar-refractivity contribution in [2.45, 2.75) is 51.3 Å². The molecule has 1 rings (SSSR count). The van der Waals surface area contributed by atoms with Crippen LogP contribution in [-0.4, -0.2) is 31.5 Å². The Morgan fingerprint density at radius 1 is 1.33 bits per heavy atom. The normalized spacial score (nSPS) is 30.9. The zero-order chi connectivity index (χ0) is 11.5. The standard InChI is InChI=1S/C12H20O2Si/c1-5-10-6-7-11(13)12(14-10)8-9-15(2,3)4/h6-7,10-13H,5H2,1-4H3/t10-,11-,12-/m1/s1. The van der Waals surface area contributed by atoms with Crippen molar-refractivity contribution in [3.8, 4) is 11.5 Å². The molecule has 0 spiro atoms. The zero-order valence-electron chi connectivity index (χ0n) is 9.95. The largest absolute Gasteiger partial charge is 0.385 e. The molecule has 0 aromatic rings. The fraction of sp³-hybridized carbons (Fsp3) is 0.667. The average Bonchev–Trinajstić information content (AvgIpc) is 2.15. The molecule has 0 saturated heterocycles. The topological polar surface area (TPSA) is 29.5 Å². The number of hydrogen-bond donors (Lipinski definition) is 1. The van der Waals surface area contributed by atoms with Crippen LogP contribution in [0.15, 0.2) is 12.2 Å². The number of ether oxygens (including phenoxy) is 1. The Hall–Kier alpha value is -0.563. The van der Waals surface area contributed by atoms with Crippen molar-refractivity contribution in [1.29, 1.82) is 0 Å². The molecule has 0 bridgehead atoms. The van der Waals surface area contributed by atoms with Crippen LogP contribution in [0.25, 0.3) is 0 Å². The zero-order valence-corrected chi connectivity index (χ0v) is 10.9. The molecule has 0 unspecified atom stereocenters. The van der Waals surface area contributed by atoms with Crippen molar-refractivity contribution in [1.82, 2.24) is 0 Å². The summed E-state index contributed by atoms with van der Waals surface area (Å²) in [6.45, 7) is 8.61. The second-order valence-electron chi connectivity index (χ2n) is 4.90. The second-order valence-corrected chi connectivity index (χ2v) is 9.65. The minimum Gasteiger partial charge on any atom is -0.385 e. The Bertz CT molecular complexity index is 293. The summed E-state index contributed by atoms with van der Waals surface area (Å²) in [5.74, 6) is 3.06. The van der Waals surface area contributed by atoms with E-state index in [4.69, 9.17) is 4.74 Å². The highest BCUT2D eigenvalue weighted by atomic mass is 28.3. The smallest absolute Gasteiger partial charge is 0.147 e. The van der Waals surface area contributed by atoms with Crippen LogP contribution in [-0.2, 0) is 4.74 Å². The summed E-state index contributed by atoms with van der Waals surface area (Å²) in [6, 6.07) is 0. The quantitative estimate of drug-likeness (QED) is 0.419. The maximum absolute atomic E-state index is 9.68. The fourth-order valence-corrected chi connectivity index (χ4v) is 1.87. The van der Waals surface area contributed by atoms with Crippen molar-refractivity contribution >= 4 is 8.07 Å². The molecule has 3 atom stereocenters. The molecule has 0 fully saturated rings. The Morgan fingerprint density at radius 2 is 2.00 bits per heavy atom. The van der Waals surface area contributed by atoms with Crippen molar-refractivity contribution < 1.29 is 9.84 Å². The summed E-state index contributed by atoms with van der Waals surface area (Å²) in [5.41, 5.74) is 3.24. The first-order valence-electron chi connectivity index (χ1n) is 5.47. The van der Waals surface area contributed by atoms with Crippen LogP contribution in [0.3, 0.4) is 0 Å². The lowest BCUT2D eigenvalue weighted by atomic mass is 10.1. The van der Waals surface area contributed by atoms with Crippen molar-refractivity contribution in [3.63, 3.8) is 0 Å². The van der Waals surface area contributed by atoms with E-state index >= 15 is 0 Å². The summed E-state index contributed by atoms with van der Waals surface area (Å²) < 4.78 is 5.66. The minimum atomic E-state index is -1.38. The summed E-state index contributed by atoms with van der Waals surface area (Å²) >= 11 is 0. The number of rotatable bonds is 1. The first-order valence-corrected chi connectivity index (χ1v) is 8.97. The van der Waals surface area contributed by atoms with Crippen molar-refractivity contribution in [3.05, 3.63) is 12.2 Å². The molecule has 0 aromatic heterocycles. The van der Waals surface area contributed by atoms with Gasteiger partial charge >= 0.3 is 0 Å². The Labute approximate surface area is 93.3 Å². The van der Waals surface area contributed by atoms with E-state index in [0.29, 0.717) is 0 Å². The first-order chi connectivity index (χ1) is 6.92. The van der Waals surface area contributed by atoms with Gasteiger partial charge in [0.25, 0.3) is 0 Å². The molecule has 1 aliphatic rings. The van der Waals surface area contributed by atoms with Gasteiger partial charge in [0.1, 0.15) is 20.3 Å². The van der Waals surface area contributed by atoms with Crippen LogP contribution in [0.4, 0.5) is 0 Å². The molecular formula is C12H20O2Si. The molecule has 0 aromatic carbocycles. The van der Waals surface area contributed by atoms with Gasteiger partial charge in [-0.15, -0.1) is 5.54 Å². The molecule has 0 radical (unpaired) electrons. The van der Waals surface area contributed by atoms with E-state index in [9.17, 15) is 5.11 Å². The van der Waals surface area contributed by atoms with Crippen LogP contribution >= 0.6 is 0 Å². The summed E-state index contributed by atoms with van der Waals surface area (Å²) in [6.07, 6.45) is 3.82. The van der Waals surface area contributed by atoms with Gasteiger partial charge in [0.2, 0.25) is 0 Å². The molecule has 84 valence electrons. The van der Waals surface area contributed by atoms with Crippen LogP contribution < -0.4 is 0 Å². The maximum Gasteiger partial charge on any atom is 0.147 e. The Balaban J connectivity index is 2.69. The highest BCUT2D eigenvalue weighted by Crippen LogP contribution is 2.15. The third-order valence-electron chi connectivity index (χ3n) is 2.15. The van der Waals surface area contributed by atoms with E-state index in [1.54, 1.807) is 6.08 Å². The van der Waals surface area contributed by atoms with Gasteiger partial charge in [-0.1, -0.05) is 44.6 Å². The van der Waals surface area contributed by atoms with Gasteiger partial charge in [-0.25, -0.2) is 0 Å². The lowest BCUT2D eigenvalue weighted by molar-refractivity contribution is -0.0255. The van der Waals surface area contributed by atoms with Crippen LogP contribution in [0.2, 0.25) is 19.6 Å². The fourth-order valence-electron chi connectivity index (χ4n) is 1.29. The highest BCUT2D eigenvalue weighted by Gasteiger charge is 2.23. The first kappa shape index (κ1) is 12.5. The molecule has 0 amide bonds. The van der Waals surface area contributed by atoms with Gasteiger partial charge in [0.15, 0.2) is 0 Å². The SMILES string of the molecule is CC[C@@H]1C=C[C@@H](O)[C@@H](C#C[Si](C)(C)C)O1. The van der Waals surface area contributed by atoms with E-state index in [-0.39, 0.29) is 12.2 Å². The minimum absolute atomic E-state index is 0.106. The van der Waals surface area contributed by atoms with E-state index in [0.717, 1.165) is 6.42 Å². The molecule has 15 heavy (non-hydrogen) atoms. The van der Waals surface area contributed by atoms with Gasteiger partial charge in [0.05, 0.1) is 6.10 Å². The van der Waals surface area contributed by atoms with E-state index in [2.05, 4.69) is 38.0 Å². The molecule has 1 heterocycles. The highest BCUT2D eigenvalue weighted by molar-refractivity contribution is 6.83. The molecule has 0 saturated carbocycles. The lowest BCUT2D eigenvalue weighted by Crippen LogP contribution is -2.34. The monoisotopic (exact) mass is 224 g/mol. The molecule has 3 heteroatoms. The van der Waals surface area contributed by atoms with E-state index in [1.165, 1.54) is 0 Å². The third kappa shape index (κ3) is 4.21. The summed E-state index contributed by atoms with van der Waals surface area (Å²) in [5, 5.41) is 9.68. The van der Waals surface area contributed by atoms with Crippen molar-refractivity contribution in [2.75, 3.05) is 0 Å². The number of aliphatic hydroxyl groups excluding tert-OH is 1. The number of hydrogen-bond acceptors (Lipinski definition) is 2. The second kappa shape index (κ2) is 4.98. The molecule has 2 nitrogen and oxygen atoms in total. The average molecular weight is 224 g/mol. The van der Waals surface area contributed by atoms with Crippen LogP contribution in [0.1, 0.15) is 13.3 Å². The predicted molar refractivity (Wildman–Crippen MR) is 65.2 cm³/mol. The molecule has 1 N–H and O–H groups in total. The van der Waals surface area contributed by atoms with E-state index in [1.807, 2.05) is 6.08 Å². The van der Waals surface area contributed by atoms with Crippen LogP contribution in [0.5, 0.6) is 0 Å². The summed E-state index contributed by atoms with van der Waals surface area (Å²) in [7, 11) is -1.38. The lowest BCUT2D eigenvalue weighted by Gasteiger charge is -2.25. The van der Waals surface area contributed by atoms with E-state index < -0.39 is 14.2 Å². The Kier molecular flexibility index (Phi) is 4.15. The molecule has 1 aliphatic heterocycles. The number of aliphatic hydroxyl groups is 1. The Morgan fingerprint density at radius 3 is 2.53 bits per heavy atom. The third-order valence-corrected chi connectivity index (χ3v) is 3.04. The molecule has 0 aliphatic carbocycles. The maximum atomic E-state index is 9.68. The summed E-state index contributed by atoms with van der Waals surface area (Å²) in [4.78, 5) is 0. The predicted octanol–water partition coefficient (Wildman–Crippen LogP) is 1.96. The van der Waals surface area contributed by atoms with Gasteiger partial charge in [0, 0.05) is 0 Å². The van der Waals surface area contributed by atoms with Gasteiger partial charge in [-0.3, -0.25) is 0 Å². The van der Waals surface area contributed by atoms with Gasteiger partial charge in [-0.2, -0.15) is 0 Å². The van der Waals surface area contributed by atoms with Crippen molar-refractivity contribution in [2.24, 2.45) is 0 Å². The molecular weight excluding hydrogens is 204 g/mol. The van der Waals surface area contributed by atoms with Crippen LogP contribution in [0, 0.1) is 11.5 Å². The van der Waals surface area contributed by atoms with Gasteiger partial charge in [-0.05, 0) is 6.42 Å².